The third-order valence-electron chi connectivity index (χ3n) is 3.73. The van der Waals surface area contributed by atoms with Crippen molar-refractivity contribution in [2.24, 2.45) is 0 Å². The van der Waals surface area contributed by atoms with E-state index in [0.717, 1.165) is 57.8 Å². The Morgan fingerprint density at radius 1 is 0.905 bits per heavy atom. The molecule has 0 aromatic heterocycles. The smallest absolute Gasteiger partial charge is 0.407 e. The molecule has 2 amide bonds. The lowest BCUT2D eigenvalue weighted by Gasteiger charge is -2.21. The second-order valence-corrected chi connectivity index (χ2v) is 5.59. The lowest BCUT2D eigenvalue weighted by molar-refractivity contribution is 0.0753. The summed E-state index contributed by atoms with van der Waals surface area (Å²) in [5.74, 6) is 0. The third kappa shape index (κ3) is 9.98. The summed E-state index contributed by atoms with van der Waals surface area (Å²) < 4.78 is 5.36. The van der Waals surface area contributed by atoms with E-state index >= 15 is 0 Å². The van der Waals surface area contributed by atoms with Gasteiger partial charge >= 0.3 is 12.2 Å². The number of carbonyl (C=O) groups is 2. The molecule has 0 spiro atoms. The van der Waals surface area contributed by atoms with Crippen LogP contribution in [0.4, 0.5) is 9.59 Å². The molecule has 6 heteroatoms. The van der Waals surface area contributed by atoms with Crippen molar-refractivity contribution in [1.29, 1.82) is 0 Å². The zero-order chi connectivity index (χ0) is 15.3. The molecule has 0 unspecified atom stereocenters. The molecule has 1 rings (SSSR count). The maximum Gasteiger partial charge on any atom is 0.407 e. The Balaban J connectivity index is 1.85. The molecule has 1 saturated carbocycles. The average molecular weight is 300 g/mol. The Bertz CT molecular complexity index is 304. The van der Waals surface area contributed by atoms with Crippen LogP contribution in [0.1, 0.15) is 64.2 Å². The van der Waals surface area contributed by atoms with Gasteiger partial charge in [0.25, 0.3) is 0 Å². The van der Waals surface area contributed by atoms with E-state index < -0.39 is 6.09 Å². The number of carboxylic acid groups (broad SMARTS) is 1. The fourth-order valence-corrected chi connectivity index (χ4v) is 2.54. The van der Waals surface area contributed by atoms with E-state index in [1.54, 1.807) is 0 Å². The zero-order valence-electron chi connectivity index (χ0n) is 12.7. The maximum absolute atomic E-state index is 11.6. The quantitative estimate of drug-likeness (QED) is 0.570. The summed E-state index contributed by atoms with van der Waals surface area (Å²) in [6.07, 6.45) is 9.34. The van der Waals surface area contributed by atoms with Crippen molar-refractivity contribution in [3.63, 3.8) is 0 Å². The van der Waals surface area contributed by atoms with Gasteiger partial charge in [0.1, 0.15) is 6.10 Å². The molecular formula is C15H28N2O4. The molecule has 0 heterocycles. The number of unbranched alkanes of at least 4 members (excludes halogenated alkanes) is 4. The number of hydrogen-bond acceptors (Lipinski definition) is 3. The van der Waals surface area contributed by atoms with Crippen LogP contribution in [0.25, 0.3) is 0 Å². The molecule has 0 radical (unpaired) electrons. The van der Waals surface area contributed by atoms with Crippen molar-refractivity contribution in [2.75, 3.05) is 13.1 Å². The molecule has 1 aliphatic rings. The number of alkyl carbamates (subject to hydrolysis) is 1. The maximum atomic E-state index is 11.6. The van der Waals surface area contributed by atoms with E-state index in [1.165, 1.54) is 6.42 Å². The minimum atomic E-state index is -0.962. The molecule has 0 bridgehead atoms. The highest BCUT2D eigenvalue weighted by Gasteiger charge is 2.16. The van der Waals surface area contributed by atoms with Crippen molar-refractivity contribution in [3.8, 4) is 0 Å². The molecule has 1 fully saturated rings. The Morgan fingerprint density at radius 2 is 1.48 bits per heavy atom. The Hall–Kier alpha value is -1.46. The number of nitrogens with one attached hydrogen (secondary N) is 2. The summed E-state index contributed by atoms with van der Waals surface area (Å²) in [6.45, 7) is 1.17. The van der Waals surface area contributed by atoms with Gasteiger partial charge in [-0.1, -0.05) is 25.7 Å². The van der Waals surface area contributed by atoms with Crippen LogP contribution >= 0.6 is 0 Å². The first-order chi connectivity index (χ1) is 10.2. The van der Waals surface area contributed by atoms with Gasteiger partial charge in [-0.2, -0.15) is 0 Å². The molecule has 3 N–H and O–H groups in total. The van der Waals surface area contributed by atoms with Crippen LogP contribution in [0.2, 0.25) is 0 Å². The minimum Gasteiger partial charge on any atom is -0.465 e. The molecule has 0 aliphatic heterocycles. The van der Waals surface area contributed by atoms with E-state index in [9.17, 15) is 9.59 Å². The lowest BCUT2D eigenvalue weighted by Crippen LogP contribution is -2.30. The van der Waals surface area contributed by atoms with Gasteiger partial charge < -0.3 is 20.5 Å². The molecule has 122 valence electrons. The predicted molar refractivity (Wildman–Crippen MR) is 80.5 cm³/mol. The van der Waals surface area contributed by atoms with Gasteiger partial charge in [-0.25, -0.2) is 9.59 Å². The monoisotopic (exact) mass is 300 g/mol. The fraction of sp³-hybridized carbons (Fsp3) is 0.867. The van der Waals surface area contributed by atoms with Gasteiger partial charge in [0, 0.05) is 13.1 Å². The second kappa shape index (κ2) is 11.2. The van der Waals surface area contributed by atoms with Gasteiger partial charge in [0.2, 0.25) is 0 Å². The summed E-state index contributed by atoms with van der Waals surface area (Å²) >= 11 is 0. The van der Waals surface area contributed by atoms with E-state index in [-0.39, 0.29) is 12.2 Å². The van der Waals surface area contributed by atoms with Crippen LogP contribution in [-0.2, 0) is 4.74 Å². The summed E-state index contributed by atoms with van der Waals surface area (Å²) in [6, 6.07) is 0. The molecular weight excluding hydrogens is 272 g/mol. The molecule has 0 aromatic rings. The van der Waals surface area contributed by atoms with Gasteiger partial charge in [-0.3, -0.25) is 0 Å². The highest BCUT2D eigenvalue weighted by atomic mass is 16.6. The van der Waals surface area contributed by atoms with E-state index in [1.807, 2.05) is 0 Å². The molecule has 1 aliphatic carbocycles. The molecule has 0 aromatic carbocycles. The lowest BCUT2D eigenvalue weighted by atomic mass is 9.98. The molecule has 0 saturated heterocycles. The largest absolute Gasteiger partial charge is 0.465 e. The Kier molecular flexibility index (Phi) is 9.40. The van der Waals surface area contributed by atoms with Crippen molar-refractivity contribution in [2.45, 2.75) is 70.3 Å². The summed E-state index contributed by atoms with van der Waals surface area (Å²) in [7, 11) is 0. The van der Waals surface area contributed by atoms with Crippen LogP contribution < -0.4 is 10.6 Å². The highest BCUT2D eigenvalue weighted by Crippen LogP contribution is 2.20. The Labute approximate surface area is 126 Å². The topological polar surface area (TPSA) is 87.7 Å². The minimum absolute atomic E-state index is 0.112. The van der Waals surface area contributed by atoms with Crippen molar-refractivity contribution < 1.29 is 19.4 Å². The predicted octanol–water partition coefficient (Wildman–Crippen LogP) is 3.26. The first-order valence-corrected chi connectivity index (χ1v) is 8.10. The van der Waals surface area contributed by atoms with Crippen molar-refractivity contribution >= 4 is 12.2 Å². The molecule has 21 heavy (non-hydrogen) atoms. The summed E-state index contributed by atoms with van der Waals surface area (Å²) in [5, 5.41) is 13.5. The third-order valence-corrected chi connectivity index (χ3v) is 3.73. The normalized spacial score (nSPS) is 15.4. The average Bonchev–Trinajstić information content (AvgIpc) is 2.46. The van der Waals surface area contributed by atoms with Gasteiger partial charge in [0.15, 0.2) is 0 Å². The fourth-order valence-electron chi connectivity index (χ4n) is 2.54. The van der Waals surface area contributed by atoms with Gasteiger partial charge in [-0.15, -0.1) is 0 Å². The first-order valence-electron chi connectivity index (χ1n) is 8.10. The van der Waals surface area contributed by atoms with Gasteiger partial charge in [-0.05, 0) is 38.5 Å². The first kappa shape index (κ1) is 17.6. The van der Waals surface area contributed by atoms with Crippen LogP contribution in [0, 0.1) is 0 Å². The van der Waals surface area contributed by atoms with E-state index in [0.29, 0.717) is 13.1 Å². The SMILES string of the molecule is O=C(O)NCCCCCCCNC(=O)OC1CCCCC1. The summed E-state index contributed by atoms with van der Waals surface area (Å²) in [5.41, 5.74) is 0. The number of ether oxygens (including phenoxy) is 1. The van der Waals surface area contributed by atoms with Crippen molar-refractivity contribution in [3.05, 3.63) is 0 Å². The number of amides is 2. The van der Waals surface area contributed by atoms with E-state index in [2.05, 4.69) is 10.6 Å². The van der Waals surface area contributed by atoms with Gasteiger partial charge in [0.05, 0.1) is 0 Å². The number of hydrogen-bond donors (Lipinski definition) is 3. The number of carbonyl (C=O) groups excluding carboxylic acids is 1. The van der Waals surface area contributed by atoms with Crippen LogP contribution in [0.15, 0.2) is 0 Å². The van der Waals surface area contributed by atoms with Crippen LogP contribution in [0.3, 0.4) is 0 Å². The highest BCUT2D eigenvalue weighted by molar-refractivity contribution is 5.67. The van der Waals surface area contributed by atoms with Crippen LogP contribution in [-0.4, -0.2) is 36.5 Å². The Morgan fingerprint density at radius 3 is 2.10 bits per heavy atom. The standard InChI is InChI=1S/C15H28N2O4/c18-14(19)16-11-7-2-1-3-8-12-17-15(20)21-13-9-5-4-6-10-13/h13,16H,1-12H2,(H,17,20)(H,18,19). The molecule has 0 atom stereocenters. The van der Waals surface area contributed by atoms with Crippen LogP contribution in [0.5, 0.6) is 0 Å². The zero-order valence-corrected chi connectivity index (χ0v) is 12.7. The molecule has 6 nitrogen and oxygen atoms in total. The van der Waals surface area contributed by atoms with E-state index in [4.69, 9.17) is 9.84 Å². The second-order valence-electron chi connectivity index (χ2n) is 5.59. The number of rotatable bonds is 9. The summed E-state index contributed by atoms with van der Waals surface area (Å²) in [4.78, 5) is 21.8. The van der Waals surface area contributed by atoms with Crippen molar-refractivity contribution in [1.82, 2.24) is 10.6 Å².